The Labute approximate surface area is 270 Å². The van der Waals surface area contributed by atoms with Crippen molar-refractivity contribution in [2.24, 2.45) is 11.8 Å². The predicted molar refractivity (Wildman–Crippen MR) is 174 cm³/mol. The molecule has 5 atom stereocenters. The molecule has 3 heterocycles. The molecule has 0 aromatic heterocycles. The molecule has 2 fully saturated rings. The second-order valence-corrected chi connectivity index (χ2v) is 14.8. The molecule has 46 heavy (non-hydrogen) atoms. The van der Waals surface area contributed by atoms with E-state index in [4.69, 9.17) is 14.2 Å². The summed E-state index contributed by atoms with van der Waals surface area (Å²) in [5, 5.41) is 21.4. The number of allylic oxidation sites excluding steroid dienone is 5. The van der Waals surface area contributed by atoms with Gasteiger partial charge in [0, 0.05) is 35.0 Å². The van der Waals surface area contributed by atoms with E-state index < -0.39 is 40.1 Å². The van der Waals surface area contributed by atoms with Gasteiger partial charge < -0.3 is 24.4 Å². The van der Waals surface area contributed by atoms with Gasteiger partial charge in [0.05, 0.1) is 11.2 Å². The molecule has 0 amide bonds. The predicted octanol–water partition coefficient (Wildman–Crippen LogP) is 7.24. The van der Waals surface area contributed by atoms with Crippen molar-refractivity contribution in [2.75, 3.05) is 0 Å². The molecule has 1 saturated carbocycles. The molecular formula is C38H44O8. The van der Waals surface area contributed by atoms with Crippen LogP contribution in [0.3, 0.4) is 0 Å². The first-order valence-electron chi connectivity index (χ1n) is 16.2. The van der Waals surface area contributed by atoms with Crippen molar-refractivity contribution in [1.29, 1.82) is 0 Å². The van der Waals surface area contributed by atoms with Gasteiger partial charge in [-0.3, -0.25) is 9.59 Å². The Morgan fingerprint density at radius 3 is 2.35 bits per heavy atom. The SMILES string of the molecule is CC(C)=CCC[C@]1(C)C=Cc2c(O)c3c(c(CC=C(C)C)c2O1)OC12C(=C[C@H]4C[C@@H]1C(C)(C)O[C@@]2(C/C=C(/C)C(=O)O)C4=O)C3=O. The van der Waals surface area contributed by atoms with Crippen LogP contribution < -0.4 is 9.47 Å². The van der Waals surface area contributed by atoms with Gasteiger partial charge >= 0.3 is 5.97 Å². The third-order valence-corrected chi connectivity index (χ3v) is 10.5. The number of ketones is 2. The smallest absolute Gasteiger partial charge is 0.330 e. The Bertz CT molecular complexity index is 1730. The maximum atomic E-state index is 14.7. The summed E-state index contributed by atoms with van der Waals surface area (Å²) in [7, 11) is 0. The van der Waals surface area contributed by atoms with Crippen LogP contribution in [-0.4, -0.2) is 50.2 Å². The summed E-state index contributed by atoms with van der Waals surface area (Å²) in [6.07, 6.45) is 13.4. The Hall–Kier alpha value is -3.91. The number of carbonyl (C=O) groups is 3. The van der Waals surface area contributed by atoms with Crippen molar-refractivity contribution in [3.63, 3.8) is 0 Å². The third kappa shape index (κ3) is 4.47. The van der Waals surface area contributed by atoms with Crippen molar-refractivity contribution in [1.82, 2.24) is 0 Å². The molecule has 4 bridgehead atoms. The minimum Gasteiger partial charge on any atom is -0.506 e. The maximum absolute atomic E-state index is 14.7. The molecule has 2 N–H and O–H groups in total. The van der Waals surface area contributed by atoms with Gasteiger partial charge in [-0.2, -0.15) is 0 Å². The van der Waals surface area contributed by atoms with Gasteiger partial charge in [-0.25, -0.2) is 4.79 Å². The van der Waals surface area contributed by atoms with E-state index in [-0.39, 0.29) is 40.8 Å². The van der Waals surface area contributed by atoms with Crippen LogP contribution in [0.25, 0.3) is 6.08 Å². The van der Waals surface area contributed by atoms with Crippen LogP contribution in [0, 0.1) is 11.8 Å². The summed E-state index contributed by atoms with van der Waals surface area (Å²) in [6, 6.07) is 0. The molecule has 3 aliphatic carbocycles. The van der Waals surface area contributed by atoms with Crippen LogP contribution in [-0.2, 0) is 20.7 Å². The highest BCUT2D eigenvalue weighted by Crippen LogP contribution is 2.68. The number of carboxylic acid groups (broad SMARTS) is 1. The van der Waals surface area contributed by atoms with Gasteiger partial charge in [0.15, 0.2) is 22.8 Å². The molecule has 6 aliphatic rings. The number of carbonyl (C=O) groups excluding carboxylic acids is 2. The van der Waals surface area contributed by atoms with Crippen LogP contribution in [0.5, 0.6) is 17.2 Å². The van der Waals surface area contributed by atoms with E-state index in [1.165, 1.54) is 18.6 Å². The molecule has 244 valence electrons. The Morgan fingerprint density at radius 1 is 1.00 bits per heavy atom. The van der Waals surface area contributed by atoms with E-state index in [2.05, 4.69) is 19.9 Å². The van der Waals surface area contributed by atoms with Gasteiger partial charge in [0.25, 0.3) is 0 Å². The van der Waals surface area contributed by atoms with E-state index >= 15 is 0 Å². The number of phenolic OH excluding ortho intramolecular Hbond substituents is 1. The average molecular weight is 629 g/mol. The zero-order chi connectivity index (χ0) is 33.6. The van der Waals surface area contributed by atoms with Gasteiger partial charge in [-0.15, -0.1) is 0 Å². The first kappa shape index (κ1) is 32.0. The monoisotopic (exact) mass is 628 g/mol. The summed E-state index contributed by atoms with van der Waals surface area (Å²) in [4.78, 5) is 40.8. The standard InChI is InChI=1S/C38H44O8/c1-20(2)10-9-15-36(8)16-14-24-29(39)28-30(40)26-18-23-19-27-35(6,7)46-37(33(23)41,17-13-22(5)34(42)43)38(26,27)45-32(28)25(31(24)44-36)12-11-21(3)4/h10-11,13-14,16,18,23,27,39H,9,12,15,17,19H2,1-8H3,(H,42,43)/b22-13-/t23-,27+,36+,37-,38?/m0/s1. The second-order valence-electron chi connectivity index (χ2n) is 14.8. The summed E-state index contributed by atoms with van der Waals surface area (Å²) in [5.41, 5.74) is -0.952. The lowest BCUT2D eigenvalue weighted by Crippen LogP contribution is -2.72. The highest BCUT2D eigenvalue weighted by molar-refractivity contribution is 6.19. The second kappa shape index (κ2) is 10.6. The zero-order valence-electron chi connectivity index (χ0n) is 28.0. The fourth-order valence-corrected chi connectivity index (χ4v) is 8.17. The third-order valence-electron chi connectivity index (χ3n) is 10.5. The molecule has 3 aliphatic heterocycles. The molecule has 1 spiro atoms. The lowest BCUT2D eigenvalue weighted by Gasteiger charge is -2.56. The number of aromatic hydroxyl groups is 1. The fraction of sp³-hybridized carbons (Fsp3) is 0.500. The number of Topliss-reactive ketones (excluding diaryl/α,β-unsaturated/α-hetero) is 2. The topological polar surface area (TPSA) is 119 Å². The van der Waals surface area contributed by atoms with E-state index in [1.807, 2.05) is 52.8 Å². The number of hydrogen-bond acceptors (Lipinski definition) is 7. The molecule has 8 heteroatoms. The van der Waals surface area contributed by atoms with Crippen molar-refractivity contribution < 1.29 is 38.8 Å². The molecule has 1 aromatic rings. The number of phenols is 1. The van der Waals surface area contributed by atoms with E-state index in [1.54, 1.807) is 6.08 Å². The summed E-state index contributed by atoms with van der Waals surface area (Å²) >= 11 is 0. The first-order chi connectivity index (χ1) is 21.5. The molecule has 1 unspecified atom stereocenters. The molecule has 8 nitrogen and oxygen atoms in total. The van der Waals surface area contributed by atoms with Gasteiger partial charge in [0.2, 0.25) is 0 Å². The summed E-state index contributed by atoms with van der Waals surface area (Å²) in [5.74, 6) is -2.28. The number of fused-ring (bicyclic) bond motifs is 2. The van der Waals surface area contributed by atoms with Gasteiger partial charge in [-0.1, -0.05) is 35.5 Å². The van der Waals surface area contributed by atoms with E-state index in [9.17, 15) is 24.6 Å². The van der Waals surface area contributed by atoms with E-state index in [0.29, 0.717) is 41.7 Å². The quantitative estimate of drug-likeness (QED) is 0.228. The lowest BCUT2D eigenvalue weighted by atomic mass is 9.51. The van der Waals surface area contributed by atoms with Crippen LogP contribution >= 0.6 is 0 Å². The number of ether oxygens (including phenoxy) is 3. The zero-order valence-corrected chi connectivity index (χ0v) is 28.0. The number of rotatable bonds is 8. The van der Waals surface area contributed by atoms with E-state index in [0.717, 1.165) is 12.0 Å². The average Bonchev–Trinajstić information content (AvgIpc) is 3.12. The molecule has 1 saturated heterocycles. The van der Waals surface area contributed by atoms with Gasteiger partial charge in [0.1, 0.15) is 28.4 Å². The Morgan fingerprint density at radius 2 is 1.70 bits per heavy atom. The number of benzene rings is 1. The minimum absolute atomic E-state index is 0.0544. The van der Waals surface area contributed by atoms with Crippen LogP contribution in [0.2, 0.25) is 0 Å². The normalized spacial score (nSPS) is 31.2. The number of hydrogen-bond donors (Lipinski definition) is 2. The highest BCUT2D eigenvalue weighted by Gasteiger charge is 2.81. The highest BCUT2D eigenvalue weighted by atomic mass is 16.6. The van der Waals surface area contributed by atoms with Crippen molar-refractivity contribution in [2.45, 2.75) is 110 Å². The molecule has 7 rings (SSSR count). The number of carboxylic acids is 1. The lowest BCUT2D eigenvalue weighted by molar-refractivity contribution is -0.171. The van der Waals surface area contributed by atoms with Crippen LogP contribution in [0.15, 0.2) is 52.7 Å². The molecule has 0 radical (unpaired) electrons. The largest absolute Gasteiger partial charge is 0.506 e. The van der Waals surface area contributed by atoms with Crippen molar-refractivity contribution >= 4 is 23.6 Å². The summed E-state index contributed by atoms with van der Waals surface area (Å²) in [6.45, 7) is 15.4. The van der Waals surface area contributed by atoms with Gasteiger partial charge in [-0.05, 0) is 93.2 Å². The van der Waals surface area contributed by atoms with Crippen LogP contribution in [0.1, 0.15) is 103 Å². The van der Waals surface area contributed by atoms with Crippen molar-refractivity contribution in [3.8, 4) is 17.2 Å². The Kier molecular flexibility index (Phi) is 7.36. The minimum atomic E-state index is -1.63. The fourth-order valence-electron chi connectivity index (χ4n) is 8.17. The molecular weight excluding hydrogens is 584 g/mol. The summed E-state index contributed by atoms with van der Waals surface area (Å²) < 4.78 is 20.6. The first-order valence-corrected chi connectivity index (χ1v) is 16.2. The molecule has 1 aromatic carbocycles. The van der Waals surface area contributed by atoms with Crippen LogP contribution in [0.4, 0.5) is 0 Å². The maximum Gasteiger partial charge on any atom is 0.330 e. The van der Waals surface area contributed by atoms with Crippen molar-refractivity contribution in [3.05, 3.63) is 69.4 Å². The number of aliphatic carboxylic acids is 1. The Balaban J connectivity index is 1.59.